The van der Waals surface area contributed by atoms with E-state index < -0.39 is 0 Å². The summed E-state index contributed by atoms with van der Waals surface area (Å²) in [5.74, 6) is 0. The summed E-state index contributed by atoms with van der Waals surface area (Å²) in [6, 6.07) is 27.3. The van der Waals surface area contributed by atoms with Gasteiger partial charge in [-0.1, -0.05) is 93.9 Å². The second-order valence-corrected chi connectivity index (χ2v) is 11.7. The van der Waals surface area contributed by atoms with Crippen molar-refractivity contribution >= 4 is 10.9 Å². The lowest BCUT2D eigenvalue weighted by molar-refractivity contribution is -0.0849. The van der Waals surface area contributed by atoms with Crippen LogP contribution in [0.25, 0.3) is 22.2 Å². The van der Waals surface area contributed by atoms with Crippen LogP contribution in [-0.4, -0.2) is 4.57 Å². The molecule has 1 fully saturated rings. The van der Waals surface area contributed by atoms with E-state index in [1.165, 1.54) is 39.7 Å². The highest BCUT2D eigenvalue weighted by Gasteiger charge is 2.70. The van der Waals surface area contributed by atoms with Gasteiger partial charge < -0.3 is 4.57 Å². The lowest BCUT2D eigenvalue weighted by Crippen LogP contribution is -2.63. The minimum Gasteiger partial charge on any atom is -0.340 e. The quantitative estimate of drug-likeness (QED) is 0.305. The average Bonchev–Trinajstić information content (AvgIpc) is 3.26. The van der Waals surface area contributed by atoms with Crippen LogP contribution in [0.4, 0.5) is 0 Å². The Balaban J connectivity index is 1.59. The topological polar surface area (TPSA) is 4.93 Å². The van der Waals surface area contributed by atoms with E-state index in [1.54, 1.807) is 11.1 Å². The first-order valence-corrected chi connectivity index (χ1v) is 12.6. The van der Waals surface area contributed by atoms with Gasteiger partial charge in [0.05, 0.1) is 5.69 Å². The lowest BCUT2D eigenvalue weighted by Gasteiger charge is -2.67. The minimum atomic E-state index is 0.0582. The minimum absolute atomic E-state index is 0.0582. The smallest absolute Gasteiger partial charge is 0.0536 e. The van der Waals surface area contributed by atoms with Crippen LogP contribution in [0.2, 0.25) is 0 Å². The Morgan fingerprint density at radius 1 is 0.818 bits per heavy atom. The molecule has 0 atom stereocenters. The van der Waals surface area contributed by atoms with Crippen molar-refractivity contribution in [1.29, 1.82) is 0 Å². The number of aryl methyl sites for hydroxylation is 3. The van der Waals surface area contributed by atoms with E-state index in [1.807, 2.05) is 0 Å². The molecule has 1 aromatic heterocycles. The Hall–Kier alpha value is -2.80. The first kappa shape index (κ1) is 20.8. The summed E-state index contributed by atoms with van der Waals surface area (Å²) in [4.78, 5) is 0. The number of nitrogens with zero attached hydrogens (tertiary/aromatic N) is 1. The van der Waals surface area contributed by atoms with E-state index >= 15 is 0 Å². The molecule has 168 valence electrons. The fraction of sp³-hybridized carbons (Fsp3) is 0.375. The first-order valence-electron chi connectivity index (χ1n) is 12.6. The molecule has 0 bridgehead atoms. The van der Waals surface area contributed by atoms with E-state index in [9.17, 15) is 0 Å². The molecule has 6 rings (SSSR count). The van der Waals surface area contributed by atoms with Crippen LogP contribution in [0.1, 0.15) is 62.8 Å². The molecule has 0 radical (unpaired) electrons. The van der Waals surface area contributed by atoms with E-state index in [2.05, 4.69) is 112 Å². The second kappa shape index (κ2) is 6.86. The molecule has 1 heterocycles. The van der Waals surface area contributed by atoms with Gasteiger partial charge in [-0.3, -0.25) is 0 Å². The monoisotopic (exact) mass is 433 g/mol. The van der Waals surface area contributed by atoms with Crippen LogP contribution in [0, 0.1) is 17.8 Å². The first-order chi connectivity index (χ1) is 15.8. The molecule has 33 heavy (non-hydrogen) atoms. The third-order valence-corrected chi connectivity index (χ3v) is 8.78. The fourth-order valence-corrected chi connectivity index (χ4v) is 8.18. The van der Waals surface area contributed by atoms with Gasteiger partial charge in [0, 0.05) is 28.4 Å². The molecule has 1 spiro atoms. The summed E-state index contributed by atoms with van der Waals surface area (Å²) in [5, 5.41) is 1.47. The average molecular weight is 434 g/mol. The summed E-state index contributed by atoms with van der Waals surface area (Å²) in [5.41, 5.74) is 10.8. The van der Waals surface area contributed by atoms with Crippen molar-refractivity contribution < 1.29 is 0 Å². The molecule has 1 heteroatoms. The number of hydrogen-bond acceptors (Lipinski definition) is 0. The van der Waals surface area contributed by atoms with Gasteiger partial charge in [-0.15, -0.1) is 0 Å². The van der Waals surface area contributed by atoms with Crippen LogP contribution >= 0.6 is 0 Å². The Morgan fingerprint density at radius 2 is 1.52 bits per heavy atom. The van der Waals surface area contributed by atoms with E-state index in [4.69, 9.17) is 0 Å². The van der Waals surface area contributed by atoms with Crippen molar-refractivity contribution in [2.24, 2.45) is 10.8 Å². The van der Waals surface area contributed by atoms with Gasteiger partial charge in [0.25, 0.3) is 0 Å². The van der Waals surface area contributed by atoms with Gasteiger partial charge in [0.1, 0.15) is 0 Å². The zero-order valence-electron chi connectivity index (χ0n) is 20.7. The van der Waals surface area contributed by atoms with Crippen molar-refractivity contribution in [3.63, 3.8) is 0 Å². The maximum Gasteiger partial charge on any atom is 0.0536 e. The third kappa shape index (κ3) is 2.60. The van der Waals surface area contributed by atoms with Crippen LogP contribution in [0.3, 0.4) is 0 Å². The molecular formula is C32H35N. The molecule has 0 N–H and O–H groups in total. The van der Waals surface area contributed by atoms with Crippen molar-refractivity contribution in [3.05, 3.63) is 95.1 Å². The van der Waals surface area contributed by atoms with Gasteiger partial charge >= 0.3 is 0 Å². The largest absolute Gasteiger partial charge is 0.340 e. The highest BCUT2D eigenvalue weighted by Crippen LogP contribution is 2.76. The summed E-state index contributed by atoms with van der Waals surface area (Å²) in [6.07, 6.45) is 3.52. The molecular weight excluding hydrogens is 398 g/mol. The van der Waals surface area contributed by atoms with Gasteiger partial charge in [-0.05, 0) is 65.8 Å². The highest BCUT2D eigenvalue weighted by molar-refractivity contribution is 5.99. The van der Waals surface area contributed by atoms with Gasteiger partial charge in [0.15, 0.2) is 0 Å². The number of rotatable bonds is 4. The zero-order chi connectivity index (χ0) is 23.0. The van der Waals surface area contributed by atoms with Crippen LogP contribution in [-0.2, 0) is 18.4 Å². The number of fused-ring (bicyclic) bond motifs is 7. The lowest BCUT2D eigenvalue weighted by atomic mass is 9.35. The van der Waals surface area contributed by atoms with E-state index in [0.29, 0.717) is 0 Å². The van der Waals surface area contributed by atoms with Crippen molar-refractivity contribution in [1.82, 2.24) is 4.57 Å². The fourth-order valence-electron chi connectivity index (χ4n) is 8.18. The predicted molar refractivity (Wildman–Crippen MR) is 140 cm³/mol. The molecule has 0 amide bonds. The Labute approximate surface area is 198 Å². The van der Waals surface area contributed by atoms with Gasteiger partial charge in [0.2, 0.25) is 0 Å². The van der Waals surface area contributed by atoms with Gasteiger partial charge in [-0.25, -0.2) is 0 Å². The number of aromatic nitrogens is 1. The predicted octanol–water partition coefficient (Wildman–Crippen LogP) is 8.31. The SMILES string of the molecule is Cc1ccc2c(c1)c1c(n2CCCc2ccccc2)-c2ccccc2C12C(C)(C)CC2(C)C. The molecule has 1 saturated carbocycles. The molecule has 0 aliphatic heterocycles. The number of benzene rings is 3. The molecule has 2 aliphatic rings. The molecule has 3 aromatic carbocycles. The summed E-state index contributed by atoms with van der Waals surface area (Å²) in [6.45, 7) is 13.3. The maximum absolute atomic E-state index is 2.66. The summed E-state index contributed by atoms with van der Waals surface area (Å²) >= 11 is 0. The van der Waals surface area contributed by atoms with E-state index in [0.717, 1.165) is 19.4 Å². The Kier molecular flexibility index (Phi) is 4.32. The zero-order valence-corrected chi connectivity index (χ0v) is 20.7. The van der Waals surface area contributed by atoms with Crippen LogP contribution in [0.15, 0.2) is 72.8 Å². The Morgan fingerprint density at radius 3 is 2.24 bits per heavy atom. The second-order valence-electron chi connectivity index (χ2n) is 11.7. The molecule has 1 nitrogen and oxygen atoms in total. The normalized spacial score (nSPS) is 18.8. The molecule has 0 unspecified atom stereocenters. The Bertz CT molecular complexity index is 1350. The maximum atomic E-state index is 2.66. The van der Waals surface area contributed by atoms with Gasteiger partial charge in [-0.2, -0.15) is 0 Å². The molecule has 4 aromatic rings. The summed E-state index contributed by atoms with van der Waals surface area (Å²) in [7, 11) is 0. The van der Waals surface area contributed by atoms with Crippen LogP contribution in [0.5, 0.6) is 0 Å². The van der Waals surface area contributed by atoms with Crippen LogP contribution < -0.4 is 0 Å². The molecule has 2 aliphatic carbocycles. The standard InChI is InChI=1S/C32H35N/c1-22-17-18-27-25(20-22)28-29(33(27)19-11-14-23-12-7-6-8-13-23)24-15-9-10-16-26(24)32(28)30(2,3)21-31(32,4)5/h6-10,12-13,15-18,20H,11,14,19,21H2,1-5H3. The molecule has 0 saturated heterocycles. The summed E-state index contributed by atoms with van der Waals surface area (Å²) < 4.78 is 2.66. The third-order valence-electron chi connectivity index (χ3n) is 8.78. The van der Waals surface area contributed by atoms with Crippen molar-refractivity contribution in [2.45, 2.75) is 65.8 Å². The van der Waals surface area contributed by atoms with Crippen molar-refractivity contribution in [3.8, 4) is 11.3 Å². The highest BCUT2D eigenvalue weighted by atomic mass is 15.0. The van der Waals surface area contributed by atoms with E-state index in [-0.39, 0.29) is 16.2 Å². The van der Waals surface area contributed by atoms with Crippen molar-refractivity contribution in [2.75, 3.05) is 0 Å². The number of hydrogen-bond donors (Lipinski definition) is 0.